The number of carbonyl (C=O) groups is 1. The molecule has 1 amide bonds. The van der Waals surface area contributed by atoms with Crippen LogP contribution in [0.5, 0.6) is 0 Å². The van der Waals surface area contributed by atoms with Crippen molar-refractivity contribution < 1.29 is 9.53 Å². The van der Waals surface area contributed by atoms with Crippen molar-refractivity contribution in [2.75, 3.05) is 20.4 Å². The van der Waals surface area contributed by atoms with Crippen LogP contribution in [0.15, 0.2) is 0 Å². The number of hydrogen-bond acceptors (Lipinski definition) is 2. The Hall–Kier alpha value is -0.280. The third-order valence-electron chi connectivity index (χ3n) is 1.57. The van der Waals surface area contributed by atoms with Gasteiger partial charge < -0.3 is 9.64 Å². The molecule has 0 aromatic heterocycles. The van der Waals surface area contributed by atoms with Crippen molar-refractivity contribution in [2.24, 2.45) is 0 Å². The third kappa shape index (κ3) is 5.38. The molecule has 0 saturated carbocycles. The first-order chi connectivity index (χ1) is 5.72. The Morgan fingerprint density at radius 1 is 1.50 bits per heavy atom. The fraction of sp³-hybridized carbons (Fsp3) is 0.875. The van der Waals surface area contributed by atoms with E-state index in [0.29, 0.717) is 6.54 Å². The van der Waals surface area contributed by atoms with Gasteiger partial charge in [0.05, 0.1) is 0 Å². The highest BCUT2D eigenvalue weighted by Crippen LogP contribution is 2.01. The largest absolute Gasteiger partial charge is 0.364 e. The maximum Gasteiger partial charge on any atom is 0.318 e. The van der Waals surface area contributed by atoms with Crippen LogP contribution in [0, 0.1) is 0 Å². The second kappa shape index (κ2) is 7.37. The molecule has 0 unspecified atom stereocenters. The summed E-state index contributed by atoms with van der Waals surface area (Å²) in [5, 5.41) is -0.437. The molecule has 0 rings (SSSR count). The van der Waals surface area contributed by atoms with Crippen LogP contribution in [-0.4, -0.2) is 30.7 Å². The van der Waals surface area contributed by atoms with E-state index >= 15 is 0 Å². The van der Waals surface area contributed by atoms with Gasteiger partial charge in [-0.05, 0) is 18.0 Å². The molecule has 0 aromatic carbocycles. The molecule has 0 aromatic rings. The zero-order chi connectivity index (χ0) is 9.40. The number of amides is 1. The van der Waals surface area contributed by atoms with Gasteiger partial charge in [0.2, 0.25) is 0 Å². The van der Waals surface area contributed by atoms with Gasteiger partial charge in [-0.3, -0.25) is 4.79 Å². The number of rotatable bonds is 6. The molecule has 0 fully saturated rings. The van der Waals surface area contributed by atoms with Crippen molar-refractivity contribution >= 4 is 17.0 Å². The van der Waals surface area contributed by atoms with Crippen LogP contribution >= 0.6 is 11.6 Å². The number of methoxy groups -OCH3 is 1. The predicted molar refractivity (Wildman–Crippen MR) is 49.4 cm³/mol. The lowest BCUT2D eigenvalue weighted by molar-refractivity contribution is 0.0911. The molecule has 0 aliphatic rings. The fourth-order valence-electron chi connectivity index (χ4n) is 0.912. The standard InChI is InChI=1S/C8H16ClNO2/c1-3-4-5-6-10(7-12-2)8(9)11/h3-7H2,1-2H3. The first-order valence-corrected chi connectivity index (χ1v) is 4.53. The van der Waals surface area contributed by atoms with Crippen LogP contribution in [0.3, 0.4) is 0 Å². The summed E-state index contributed by atoms with van der Waals surface area (Å²) >= 11 is 5.31. The summed E-state index contributed by atoms with van der Waals surface area (Å²) in [5.74, 6) is 0. The van der Waals surface area contributed by atoms with Crippen molar-refractivity contribution in [3.63, 3.8) is 0 Å². The van der Waals surface area contributed by atoms with Gasteiger partial charge in [-0.2, -0.15) is 0 Å². The van der Waals surface area contributed by atoms with Crippen molar-refractivity contribution in [3.8, 4) is 0 Å². The molecule has 0 heterocycles. The molecule has 0 N–H and O–H groups in total. The van der Waals surface area contributed by atoms with Gasteiger partial charge in [0.15, 0.2) is 0 Å². The molecule has 12 heavy (non-hydrogen) atoms. The number of hydrogen-bond donors (Lipinski definition) is 0. The van der Waals surface area contributed by atoms with Crippen LogP contribution in [0.4, 0.5) is 4.79 Å². The van der Waals surface area contributed by atoms with E-state index in [9.17, 15) is 4.79 Å². The molecular weight excluding hydrogens is 178 g/mol. The Morgan fingerprint density at radius 2 is 2.17 bits per heavy atom. The van der Waals surface area contributed by atoms with E-state index in [4.69, 9.17) is 16.3 Å². The first-order valence-electron chi connectivity index (χ1n) is 4.15. The van der Waals surface area contributed by atoms with E-state index in [-0.39, 0.29) is 6.73 Å². The molecule has 0 radical (unpaired) electrons. The summed E-state index contributed by atoms with van der Waals surface area (Å²) in [7, 11) is 1.55. The normalized spacial score (nSPS) is 9.92. The minimum absolute atomic E-state index is 0.284. The second-order valence-corrected chi connectivity index (χ2v) is 2.96. The number of halogens is 1. The van der Waals surface area contributed by atoms with E-state index in [0.717, 1.165) is 19.3 Å². The van der Waals surface area contributed by atoms with Gasteiger partial charge in [0.1, 0.15) is 6.73 Å². The Labute approximate surface area is 78.6 Å². The van der Waals surface area contributed by atoms with Crippen LogP contribution in [0.2, 0.25) is 0 Å². The van der Waals surface area contributed by atoms with E-state index in [1.165, 1.54) is 4.90 Å². The van der Waals surface area contributed by atoms with Gasteiger partial charge in [-0.25, -0.2) is 0 Å². The average Bonchev–Trinajstić information content (AvgIpc) is 2.03. The van der Waals surface area contributed by atoms with E-state index in [1.807, 2.05) is 0 Å². The highest BCUT2D eigenvalue weighted by Gasteiger charge is 2.08. The van der Waals surface area contributed by atoms with Crippen molar-refractivity contribution in [2.45, 2.75) is 26.2 Å². The molecule has 0 aliphatic carbocycles. The van der Waals surface area contributed by atoms with Gasteiger partial charge in [0, 0.05) is 13.7 Å². The molecule has 0 atom stereocenters. The summed E-state index contributed by atoms with van der Waals surface area (Å²) in [6, 6.07) is 0. The summed E-state index contributed by atoms with van der Waals surface area (Å²) in [5.41, 5.74) is 0. The molecule has 72 valence electrons. The summed E-state index contributed by atoms with van der Waals surface area (Å²) in [6.07, 6.45) is 3.24. The predicted octanol–water partition coefficient (Wildman–Crippen LogP) is 2.44. The lowest BCUT2D eigenvalue weighted by Gasteiger charge is -2.17. The molecule has 0 saturated heterocycles. The van der Waals surface area contributed by atoms with Gasteiger partial charge >= 0.3 is 5.37 Å². The Balaban J connectivity index is 3.56. The maximum atomic E-state index is 10.7. The highest BCUT2D eigenvalue weighted by atomic mass is 35.5. The zero-order valence-electron chi connectivity index (χ0n) is 7.68. The van der Waals surface area contributed by atoms with Crippen LogP contribution < -0.4 is 0 Å². The van der Waals surface area contributed by atoms with Crippen LogP contribution in [-0.2, 0) is 4.74 Å². The van der Waals surface area contributed by atoms with E-state index < -0.39 is 5.37 Å². The van der Waals surface area contributed by atoms with Gasteiger partial charge in [-0.1, -0.05) is 19.8 Å². The Morgan fingerprint density at radius 3 is 2.58 bits per heavy atom. The zero-order valence-corrected chi connectivity index (χ0v) is 8.43. The van der Waals surface area contributed by atoms with E-state index in [1.54, 1.807) is 7.11 Å². The second-order valence-electron chi connectivity index (χ2n) is 2.64. The lowest BCUT2D eigenvalue weighted by Crippen LogP contribution is -2.29. The first kappa shape index (κ1) is 11.7. The SMILES string of the molecule is CCCCCN(COC)C(=O)Cl. The minimum Gasteiger partial charge on any atom is -0.364 e. The quantitative estimate of drug-likeness (QED) is 0.281. The van der Waals surface area contributed by atoms with Gasteiger partial charge in [-0.15, -0.1) is 0 Å². The number of nitrogens with zero attached hydrogens (tertiary/aromatic N) is 1. The fourth-order valence-corrected chi connectivity index (χ4v) is 1.05. The number of carbonyl (C=O) groups excluding carboxylic acids is 1. The van der Waals surface area contributed by atoms with E-state index in [2.05, 4.69) is 6.92 Å². The summed E-state index contributed by atoms with van der Waals surface area (Å²) in [4.78, 5) is 12.2. The number of ether oxygens (including phenoxy) is 1. The molecular formula is C8H16ClNO2. The highest BCUT2D eigenvalue weighted by molar-refractivity contribution is 6.62. The third-order valence-corrected chi connectivity index (χ3v) is 1.80. The minimum atomic E-state index is -0.437. The summed E-state index contributed by atoms with van der Waals surface area (Å²) in [6.45, 7) is 3.08. The van der Waals surface area contributed by atoms with Gasteiger partial charge in [0.25, 0.3) is 0 Å². The molecule has 4 heteroatoms. The Bertz CT molecular complexity index is 130. The average molecular weight is 194 g/mol. The van der Waals surface area contributed by atoms with Crippen molar-refractivity contribution in [1.29, 1.82) is 0 Å². The maximum absolute atomic E-state index is 10.7. The molecule has 0 bridgehead atoms. The van der Waals surface area contributed by atoms with Crippen LogP contribution in [0.1, 0.15) is 26.2 Å². The van der Waals surface area contributed by atoms with Crippen LogP contribution in [0.25, 0.3) is 0 Å². The monoisotopic (exact) mass is 193 g/mol. The van der Waals surface area contributed by atoms with Crippen molar-refractivity contribution in [1.82, 2.24) is 4.90 Å². The number of unbranched alkanes of at least 4 members (excludes halogenated alkanes) is 2. The smallest absolute Gasteiger partial charge is 0.318 e. The topological polar surface area (TPSA) is 29.5 Å². The molecule has 0 spiro atoms. The Kier molecular flexibility index (Phi) is 7.20. The molecule has 3 nitrogen and oxygen atoms in total. The molecule has 0 aliphatic heterocycles. The lowest BCUT2D eigenvalue weighted by atomic mass is 10.2. The summed E-state index contributed by atoms with van der Waals surface area (Å²) < 4.78 is 4.82. The van der Waals surface area contributed by atoms with Crippen molar-refractivity contribution in [3.05, 3.63) is 0 Å².